The topological polar surface area (TPSA) is 142 Å². The third-order valence-corrected chi connectivity index (χ3v) is 8.99. The molecule has 13 nitrogen and oxygen atoms in total. The number of nitrogens with one attached hydrogen (secondary N) is 1. The van der Waals surface area contributed by atoms with E-state index in [1.807, 2.05) is 73.9 Å². The van der Waals surface area contributed by atoms with Crippen molar-refractivity contribution in [3.05, 3.63) is 102 Å². The summed E-state index contributed by atoms with van der Waals surface area (Å²) in [5.41, 5.74) is 5.53. The molecule has 7 rings (SSSR count). The first-order chi connectivity index (χ1) is 25.4. The number of fused-ring (bicyclic) bond motifs is 2. The maximum atomic E-state index is 9.59. The van der Waals surface area contributed by atoms with Gasteiger partial charge in [0.15, 0.2) is 34.9 Å². The number of aryl methyl sites for hydroxylation is 1. The summed E-state index contributed by atoms with van der Waals surface area (Å²) in [5.74, 6) is 4.46. The van der Waals surface area contributed by atoms with Crippen molar-refractivity contribution in [3.8, 4) is 40.3 Å². The molecule has 0 saturated heterocycles. The molecule has 264 valence electrons. The van der Waals surface area contributed by atoms with Crippen LogP contribution in [0, 0.1) is 18.3 Å². The molecule has 1 atom stereocenters. The lowest BCUT2D eigenvalue weighted by Crippen LogP contribution is -2.24. The van der Waals surface area contributed by atoms with E-state index >= 15 is 0 Å². The van der Waals surface area contributed by atoms with Crippen molar-refractivity contribution in [3.63, 3.8) is 0 Å². The van der Waals surface area contributed by atoms with Crippen LogP contribution in [0.5, 0.6) is 23.0 Å². The third-order valence-electron chi connectivity index (χ3n) is 8.99. The quantitative estimate of drug-likeness (QED) is 0.144. The van der Waals surface area contributed by atoms with Gasteiger partial charge in [-0.05, 0) is 71.5 Å². The summed E-state index contributed by atoms with van der Waals surface area (Å²) < 4.78 is 29.7. The molecule has 13 heteroatoms. The first-order valence-electron chi connectivity index (χ1n) is 16.6. The van der Waals surface area contributed by atoms with Crippen LogP contribution in [0.15, 0.2) is 79.3 Å². The second-order valence-corrected chi connectivity index (χ2v) is 12.3. The Morgan fingerprint density at radius 3 is 2.19 bits per heavy atom. The minimum atomic E-state index is -0.481. The number of nitrogens with zero attached hydrogens (tertiary/aromatic N) is 7. The fourth-order valence-electron chi connectivity index (χ4n) is 6.36. The van der Waals surface area contributed by atoms with Crippen LogP contribution in [0.25, 0.3) is 22.0 Å². The number of methoxy groups -OCH3 is 4. The molecule has 1 aliphatic rings. The highest BCUT2D eigenvalue weighted by Crippen LogP contribution is 2.36. The van der Waals surface area contributed by atoms with Crippen LogP contribution in [-0.2, 0) is 24.4 Å². The standard InChI is InChI=1S/C39H38N8O5/c1-24-10-11-41-18-30(24)32-14-27-15-37(44-38-16-28-22-52-23-29(17-40)47(28)45-38)42-19-31(27)39(43-32)46(20-25-6-8-33(48-2)35(12-25)50-4)21-26-7-9-34(49-3)36(13-26)51-5/h6-16,18-19,29H,20-23H2,1-5H3,(H,42,44,45). The largest absolute Gasteiger partial charge is 0.493 e. The van der Waals surface area contributed by atoms with Crippen LogP contribution in [0.2, 0.25) is 0 Å². The second kappa shape index (κ2) is 14.8. The first-order valence-corrected chi connectivity index (χ1v) is 16.6. The highest BCUT2D eigenvalue weighted by atomic mass is 16.5. The second-order valence-electron chi connectivity index (χ2n) is 12.3. The summed E-state index contributed by atoms with van der Waals surface area (Å²) in [5, 5.41) is 19.3. The molecule has 0 amide bonds. The first kappa shape index (κ1) is 34.1. The van der Waals surface area contributed by atoms with Gasteiger partial charge in [0.25, 0.3) is 0 Å². The summed E-state index contributed by atoms with van der Waals surface area (Å²) in [6, 6.07) is 21.5. The highest BCUT2D eigenvalue weighted by molar-refractivity contribution is 5.96. The fourth-order valence-corrected chi connectivity index (χ4v) is 6.36. The number of aromatic nitrogens is 5. The molecule has 52 heavy (non-hydrogen) atoms. The number of rotatable bonds is 12. The molecule has 2 aromatic carbocycles. The van der Waals surface area contributed by atoms with Gasteiger partial charge in [-0.3, -0.25) is 4.98 Å². The van der Waals surface area contributed by atoms with Gasteiger partial charge in [-0.15, -0.1) is 0 Å². The number of nitriles is 1. The summed E-state index contributed by atoms with van der Waals surface area (Å²) >= 11 is 0. The van der Waals surface area contributed by atoms with Crippen molar-refractivity contribution in [1.29, 1.82) is 5.26 Å². The predicted octanol–water partition coefficient (Wildman–Crippen LogP) is 6.78. The Balaban J connectivity index is 1.36. The lowest BCUT2D eigenvalue weighted by Gasteiger charge is -2.27. The lowest BCUT2D eigenvalue weighted by molar-refractivity contribution is 0.0681. The summed E-state index contributed by atoms with van der Waals surface area (Å²) in [6.45, 7) is 3.69. The Morgan fingerprint density at radius 2 is 1.56 bits per heavy atom. The van der Waals surface area contributed by atoms with Crippen molar-refractivity contribution < 1.29 is 23.7 Å². The van der Waals surface area contributed by atoms with Crippen molar-refractivity contribution in [2.45, 2.75) is 32.7 Å². The third kappa shape index (κ3) is 6.84. The van der Waals surface area contributed by atoms with E-state index in [0.717, 1.165) is 50.2 Å². The van der Waals surface area contributed by atoms with Crippen LogP contribution < -0.4 is 29.2 Å². The van der Waals surface area contributed by atoms with E-state index in [9.17, 15) is 5.26 Å². The van der Waals surface area contributed by atoms with Crippen LogP contribution >= 0.6 is 0 Å². The van der Waals surface area contributed by atoms with E-state index in [0.29, 0.717) is 60.9 Å². The lowest BCUT2D eigenvalue weighted by atomic mass is 10.0. The van der Waals surface area contributed by atoms with Gasteiger partial charge in [-0.2, -0.15) is 10.4 Å². The Morgan fingerprint density at radius 1 is 0.865 bits per heavy atom. The van der Waals surface area contributed by atoms with Gasteiger partial charge in [0.2, 0.25) is 0 Å². The average Bonchev–Trinajstić information content (AvgIpc) is 3.59. The molecule has 0 spiro atoms. The number of hydrogen-bond donors (Lipinski definition) is 1. The van der Waals surface area contributed by atoms with Gasteiger partial charge in [-0.25, -0.2) is 14.6 Å². The predicted molar refractivity (Wildman–Crippen MR) is 196 cm³/mol. The van der Waals surface area contributed by atoms with E-state index in [2.05, 4.69) is 32.4 Å². The zero-order chi connectivity index (χ0) is 36.2. The van der Waals surface area contributed by atoms with E-state index in [1.54, 1.807) is 39.3 Å². The van der Waals surface area contributed by atoms with Crippen molar-refractivity contribution in [2.24, 2.45) is 0 Å². The molecular formula is C39H38N8O5. The molecule has 6 aromatic rings. The molecule has 5 heterocycles. The number of hydrogen-bond acceptors (Lipinski definition) is 12. The average molecular weight is 699 g/mol. The molecule has 4 aromatic heterocycles. The smallest absolute Gasteiger partial charge is 0.162 e. The fraction of sp³-hybridized carbons (Fsp3) is 0.256. The summed E-state index contributed by atoms with van der Waals surface area (Å²) in [6.07, 6.45) is 5.44. The van der Waals surface area contributed by atoms with Crippen molar-refractivity contribution in [1.82, 2.24) is 24.7 Å². The van der Waals surface area contributed by atoms with Crippen LogP contribution in [-0.4, -0.2) is 59.8 Å². The number of anilines is 3. The monoisotopic (exact) mass is 698 g/mol. The van der Waals surface area contributed by atoms with Crippen LogP contribution in [0.1, 0.15) is 28.4 Å². The normalized spacial score (nSPS) is 13.6. The van der Waals surface area contributed by atoms with E-state index < -0.39 is 6.04 Å². The Bertz CT molecular complexity index is 2230. The van der Waals surface area contributed by atoms with Crippen molar-refractivity contribution in [2.75, 3.05) is 45.3 Å². The maximum absolute atomic E-state index is 9.59. The zero-order valence-corrected chi connectivity index (χ0v) is 29.6. The maximum Gasteiger partial charge on any atom is 0.162 e. The highest BCUT2D eigenvalue weighted by Gasteiger charge is 2.23. The van der Waals surface area contributed by atoms with Crippen LogP contribution in [0.4, 0.5) is 17.5 Å². The Hall–Kier alpha value is -6.39. The molecule has 1 aliphatic heterocycles. The number of ether oxygens (including phenoxy) is 5. The molecule has 0 aliphatic carbocycles. The number of pyridine rings is 3. The van der Waals surface area contributed by atoms with Gasteiger partial charge >= 0.3 is 0 Å². The van der Waals surface area contributed by atoms with Crippen molar-refractivity contribution >= 4 is 28.2 Å². The molecule has 0 bridgehead atoms. The summed E-state index contributed by atoms with van der Waals surface area (Å²) in [7, 11) is 6.50. The molecule has 0 saturated carbocycles. The Labute approximate surface area is 301 Å². The minimum absolute atomic E-state index is 0.300. The van der Waals surface area contributed by atoms with Gasteiger partial charge in [0, 0.05) is 48.7 Å². The van der Waals surface area contributed by atoms with E-state index in [-0.39, 0.29) is 0 Å². The summed E-state index contributed by atoms with van der Waals surface area (Å²) in [4.78, 5) is 16.8. The SMILES string of the molecule is COc1ccc(CN(Cc2ccc(OC)c(OC)c2)c2nc(-c3cnccc3C)cc3cc(Nc4cc5n(n4)C(C#N)COC5)ncc23)cc1OC. The number of benzene rings is 2. The molecule has 1 unspecified atom stereocenters. The molecule has 0 radical (unpaired) electrons. The molecule has 0 fully saturated rings. The van der Waals surface area contributed by atoms with Gasteiger partial charge in [0.05, 0.1) is 59.1 Å². The minimum Gasteiger partial charge on any atom is -0.493 e. The van der Waals surface area contributed by atoms with E-state index in [4.69, 9.17) is 33.7 Å². The Kier molecular flexibility index (Phi) is 9.73. The van der Waals surface area contributed by atoms with Gasteiger partial charge in [0.1, 0.15) is 11.6 Å². The van der Waals surface area contributed by atoms with Gasteiger partial charge in [-0.1, -0.05) is 12.1 Å². The molecule has 1 N–H and O–H groups in total. The van der Waals surface area contributed by atoms with Gasteiger partial charge < -0.3 is 33.9 Å². The van der Waals surface area contributed by atoms with Crippen LogP contribution in [0.3, 0.4) is 0 Å². The molecular weight excluding hydrogens is 660 g/mol. The van der Waals surface area contributed by atoms with E-state index in [1.165, 1.54) is 0 Å². The zero-order valence-electron chi connectivity index (χ0n) is 29.6.